The van der Waals surface area contributed by atoms with Gasteiger partial charge in [0.15, 0.2) is 0 Å². The Morgan fingerprint density at radius 2 is 2.00 bits per heavy atom. The SMILES string of the molecule is C=S(=C)(C)N1CCC(Cc2cncc(C)c2)CC1. The lowest BCUT2D eigenvalue weighted by Gasteiger charge is -2.35. The first kappa shape index (κ1) is 13.6. The van der Waals surface area contributed by atoms with Crippen LogP contribution in [0.15, 0.2) is 18.5 Å². The molecule has 0 unspecified atom stereocenters. The lowest BCUT2D eigenvalue weighted by Crippen LogP contribution is -2.31. The number of hydrogen-bond donors (Lipinski definition) is 0. The molecule has 2 nitrogen and oxygen atoms in total. The summed E-state index contributed by atoms with van der Waals surface area (Å²) in [6.07, 6.45) is 9.81. The highest BCUT2D eigenvalue weighted by Gasteiger charge is 2.20. The van der Waals surface area contributed by atoms with Crippen molar-refractivity contribution in [2.45, 2.75) is 26.2 Å². The Kier molecular flexibility index (Phi) is 4.13. The molecular weight excluding hydrogens is 240 g/mol. The van der Waals surface area contributed by atoms with Crippen molar-refractivity contribution in [2.75, 3.05) is 19.3 Å². The van der Waals surface area contributed by atoms with Crippen LogP contribution in [0.25, 0.3) is 0 Å². The van der Waals surface area contributed by atoms with E-state index in [0.717, 1.165) is 19.0 Å². The molecular formula is C15H24N2S. The predicted molar refractivity (Wildman–Crippen MR) is 84.7 cm³/mol. The van der Waals surface area contributed by atoms with Gasteiger partial charge in [-0.1, -0.05) is 17.8 Å². The van der Waals surface area contributed by atoms with Gasteiger partial charge in [-0.25, -0.2) is 0 Å². The third-order valence-corrected chi connectivity index (χ3v) is 5.26. The Morgan fingerprint density at radius 1 is 1.33 bits per heavy atom. The average molecular weight is 264 g/mol. The van der Waals surface area contributed by atoms with E-state index in [9.17, 15) is 0 Å². The highest BCUT2D eigenvalue weighted by Crippen LogP contribution is 2.29. The summed E-state index contributed by atoms with van der Waals surface area (Å²) in [5.41, 5.74) is 2.64. The van der Waals surface area contributed by atoms with Crippen molar-refractivity contribution in [2.24, 2.45) is 5.92 Å². The first-order valence-electron chi connectivity index (χ1n) is 6.55. The van der Waals surface area contributed by atoms with Crippen molar-refractivity contribution in [3.05, 3.63) is 29.6 Å². The van der Waals surface area contributed by atoms with Crippen LogP contribution in [-0.2, 0) is 6.42 Å². The number of nitrogens with zero attached hydrogens (tertiary/aromatic N) is 2. The van der Waals surface area contributed by atoms with Crippen molar-refractivity contribution in [1.82, 2.24) is 9.29 Å². The Hall–Kier alpha value is -0.800. The monoisotopic (exact) mass is 264 g/mol. The molecule has 0 N–H and O–H groups in total. The molecule has 0 spiro atoms. The van der Waals surface area contributed by atoms with Gasteiger partial charge >= 0.3 is 0 Å². The second kappa shape index (κ2) is 5.45. The fraction of sp³-hybridized carbons (Fsp3) is 0.533. The zero-order valence-electron chi connectivity index (χ0n) is 11.6. The molecule has 1 aliphatic rings. The summed E-state index contributed by atoms with van der Waals surface area (Å²) >= 11 is 0. The zero-order valence-corrected chi connectivity index (χ0v) is 12.4. The van der Waals surface area contributed by atoms with Crippen LogP contribution in [-0.4, -0.2) is 40.4 Å². The second-order valence-corrected chi connectivity index (χ2v) is 8.63. The fourth-order valence-electron chi connectivity index (χ4n) is 2.62. The van der Waals surface area contributed by atoms with E-state index in [0.29, 0.717) is 0 Å². The number of pyridine rings is 1. The van der Waals surface area contributed by atoms with Crippen LogP contribution in [0.3, 0.4) is 0 Å². The zero-order chi connectivity index (χ0) is 13.2. The quantitative estimate of drug-likeness (QED) is 0.781. The van der Waals surface area contributed by atoms with Crippen LogP contribution in [0.2, 0.25) is 0 Å². The van der Waals surface area contributed by atoms with E-state index in [1.165, 1.54) is 30.4 Å². The molecule has 1 saturated heterocycles. The van der Waals surface area contributed by atoms with Crippen LogP contribution >= 0.6 is 9.39 Å². The first-order valence-corrected chi connectivity index (χ1v) is 8.89. The molecule has 1 aromatic rings. The van der Waals surface area contributed by atoms with Crippen molar-refractivity contribution >= 4 is 21.1 Å². The molecule has 1 fully saturated rings. The van der Waals surface area contributed by atoms with Gasteiger partial charge < -0.3 is 0 Å². The van der Waals surface area contributed by atoms with Crippen molar-refractivity contribution in [1.29, 1.82) is 0 Å². The summed E-state index contributed by atoms with van der Waals surface area (Å²) < 4.78 is 2.47. The molecule has 0 saturated carbocycles. The summed E-state index contributed by atoms with van der Waals surface area (Å²) in [6.45, 7) is 4.42. The summed E-state index contributed by atoms with van der Waals surface area (Å²) in [5, 5.41) is 0. The smallest absolute Gasteiger partial charge is 0.0300 e. The average Bonchev–Trinajstić information content (AvgIpc) is 2.28. The molecule has 18 heavy (non-hydrogen) atoms. The highest BCUT2D eigenvalue weighted by atomic mass is 32.2. The molecule has 1 aliphatic heterocycles. The van der Waals surface area contributed by atoms with E-state index in [1.54, 1.807) is 0 Å². The normalized spacial score (nSPS) is 19.0. The molecule has 0 bridgehead atoms. The Bertz CT molecular complexity index is 497. The first-order chi connectivity index (χ1) is 8.45. The largest absolute Gasteiger partial charge is 0.264 e. The minimum atomic E-state index is -1.01. The Morgan fingerprint density at radius 3 is 2.56 bits per heavy atom. The van der Waals surface area contributed by atoms with Crippen LogP contribution in [0, 0.1) is 12.8 Å². The topological polar surface area (TPSA) is 16.1 Å². The van der Waals surface area contributed by atoms with Gasteiger partial charge in [0, 0.05) is 25.5 Å². The van der Waals surface area contributed by atoms with E-state index >= 15 is 0 Å². The maximum Gasteiger partial charge on any atom is 0.0300 e. The van der Waals surface area contributed by atoms with E-state index in [4.69, 9.17) is 0 Å². The lowest BCUT2D eigenvalue weighted by atomic mass is 9.91. The number of aromatic nitrogens is 1. The predicted octanol–water partition coefficient (Wildman–Crippen LogP) is 2.86. The van der Waals surface area contributed by atoms with Crippen LogP contribution in [0.1, 0.15) is 24.0 Å². The molecule has 2 rings (SSSR count). The van der Waals surface area contributed by atoms with Crippen molar-refractivity contribution in [3.8, 4) is 0 Å². The van der Waals surface area contributed by atoms with Gasteiger partial charge in [0.05, 0.1) is 0 Å². The highest BCUT2D eigenvalue weighted by molar-refractivity contribution is 8.25. The maximum atomic E-state index is 4.28. The number of piperidine rings is 1. The van der Waals surface area contributed by atoms with Crippen LogP contribution in [0.5, 0.6) is 0 Å². The molecule has 100 valence electrons. The second-order valence-electron chi connectivity index (χ2n) is 5.67. The van der Waals surface area contributed by atoms with Gasteiger partial charge in [0.25, 0.3) is 0 Å². The molecule has 0 amide bonds. The van der Waals surface area contributed by atoms with E-state index < -0.39 is 9.39 Å². The standard InChI is InChI=1S/C15H24N2S/c1-13-9-15(12-16-11-13)10-14-5-7-17(8-6-14)18(2,3)4/h9,11-12,14H,2-3,5-8,10H2,1,4H3. The Labute approximate surface area is 112 Å². The number of rotatable bonds is 3. The van der Waals surface area contributed by atoms with Gasteiger partial charge in [0.2, 0.25) is 0 Å². The number of aryl methyl sites for hydroxylation is 1. The van der Waals surface area contributed by atoms with Crippen molar-refractivity contribution in [3.63, 3.8) is 0 Å². The summed E-state index contributed by atoms with van der Waals surface area (Å²) in [4.78, 5) is 4.28. The van der Waals surface area contributed by atoms with E-state index in [2.05, 4.69) is 40.3 Å². The summed E-state index contributed by atoms with van der Waals surface area (Å²) in [5.74, 6) is 9.20. The molecule has 1 aromatic heterocycles. The minimum Gasteiger partial charge on any atom is -0.264 e. The van der Waals surface area contributed by atoms with Crippen LogP contribution < -0.4 is 0 Å². The molecule has 3 heteroatoms. The van der Waals surface area contributed by atoms with Gasteiger partial charge in [0.1, 0.15) is 0 Å². The molecule has 0 radical (unpaired) electrons. The summed E-state index contributed by atoms with van der Waals surface area (Å²) in [7, 11) is -1.01. The third-order valence-electron chi connectivity index (χ3n) is 3.65. The minimum absolute atomic E-state index is 0.798. The third kappa shape index (κ3) is 3.59. The molecule has 0 aromatic carbocycles. The van der Waals surface area contributed by atoms with E-state index in [-0.39, 0.29) is 0 Å². The molecule has 0 atom stereocenters. The van der Waals surface area contributed by atoms with Gasteiger partial charge in [-0.05, 0) is 49.5 Å². The van der Waals surface area contributed by atoms with Gasteiger partial charge in [-0.2, -0.15) is 9.39 Å². The van der Waals surface area contributed by atoms with Crippen LogP contribution in [0.4, 0.5) is 0 Å². The fourth-order valence-corrected chi connectivity index (χ4v) is 3.71. The van der Waals surface area contributed by atoms with Gasteiger partial charge in [-0.15, -0.1) is 0 Å². The molecule has 2 heterocycles. The van der Waals surface area contributed by atoms with Crippen molar-refractivity contribution < 1.29 is 0 Å². The maximum absolute atomic E-state index is 4.28. The Balaban J connectivity index is 1.91. The number of hydrogen-bond acceptors (Lipinski definition) is 2. The molecule has 0 aliphatic carbocycles. The summed E-state index contributed by atoms with van der Waals surface area (Å²) in [6, 6.07) is 2.26. The van der Waals surface area contributed by atoms with E-state index in [1.807, 2.05) is 12.4 Å². The van der Waals surface area contributed by atoms with Gasteiger partial charge in [-0.3, -0.25) is 9.29 Å². The lowest BCUT2D eigenvalue weighted by molar-refractivity contribution is 0.289.